The Morgan fingerprint density at radius 3 is 2.67 bits per heavy atom. The van der Waals surface area contributed by atoms with Gasteiger partial charge in [0, 0.05) is 12.6 Å². The van der Waals surface area contributed by atoms with Crippen LogP contribution in [0.2, 0.25) is 0 Å². The Kier molecular flexibility index (Phi) is 4.91. The lowest BCUT2D eigenvalue weighted by molar-refractivity contribution is -0.116. The van der Waals surface area contributed by atoms with Crippen molar-refractivity contribution in [2.24, 2.45) is 0 Å². The van der Waals surface area contributed by atoms with Crippen molar-refractivity contribution >= 4 is 23.0 Å². The number of benzene rings is 2. The van der Waals surface area contributed by atoms with Gasteiger partial charge in [0.1, 0.15) is 5.82 Å². The van der Waals surface area contributed by atoms with Crippen LogP contribution >= 0.6 is 0 Å². The summed E-state index contributed by atoms with van der Waals surface area (Å²) in [7, 11) is 0. The zero-order chi connectivity index (χ0) is 16.8. The number of fused-ring (bicyclic) bond motifs is 1. The Hall–Kier alpha value is -3.08. The van der Waals surface area contributed by atoms with Crippen LogP contribution in [0.25, 0.3) is 17.1 Å². The van der Waals surface area contributed by atoms with Gasteiger partial charge in [-0.15, -0.1) is 0 Å². The lowest BCUT2D eigenvalue weighted by atomic mass is 10.1. The molecule has 0 unspecified atom stereocenters. The molecule has 2 aromatic carbocycles. The van der Waals surface area contributed by atoms with E-state index in [1.165, 1.54) is 12.1 Å². The number of para-hydroxylation sites is 2. The van der Waals surface area contributed by atoms with E-state index in [0.717, 1.165) is 11.0 Å². The van der Waals surface area contributed by atoms with Gasteiger partial charge in [0.2, 0.25) is 5.91 Å². The number of hydrogen-bond acceptors (Lipinski definition) is 3. The molecule has 0 aliphatic heterocycles. The molecule has 1 heterocycles. The second kappa shape index (κ2) is 7.46. The lowest BCUT2D eigenvalue weighted by Crippen LogP contribution is -2.23. The molecular formula is C19H16FN3O. The van der Waals surface area contributed by atoms with E-state index in [0.29, 0.717) is 24.2 Å². The predicted octanol–water partition coefficient (Wildman–Crippen LogP) is 3.14. The molecule has 0 atom stereocenters. The second-order valence-electron chi connectivity index (χ2n) is 5.25. The van der Waals surface area contributed by atoms with Crippen molar-refractivity contribution in [1.82, 2.24) is 15.3 Å². The molecule has 1 amide bonds. The number of halogens is 1. The Morgan fingerprint density at radius 1 is 1.08 bits per heavy atom. The fourth-order valence-corrected chi connectivity index (χ4v) is 2.29. The molecule has 4 nitrogen and oxygen atoms in total. The number of nitrogens with zero attached hydrogens (tertiary/aromatic N) is 2. The van der Waals surface area contributed by atoms with Crippen molar-refractivity contribution in [3.05, 3.63) is 77.9 Å². The molecule has 0 saturated heterocycles. The molecule has 120 valence electrons. The van der Waals surface area contributed by atoms with E-state index in [1.54, 1.807) is 30.5 Å². The zero-order valence-electron chi connectivity index (χ0n) is 12.9. The largest absolute Gasteiger partial charge is 0.352 e. The van der Waals surface area contributed by atoms with Crippen LogP contribution in [0.4, 0.5) is 4.39 Å². The maximum Gasteiger partial charge on any atom is 0.244 e. The molecule has 0 aliphatic rings. The second-order valence-corrected chi connectivity index (χ2v) is 5.25. The molecule has 24 heavy (non-hydrogen) atoms. The van der Waals surface area contributed by atoms with Gasteiger partial charge in [-0.1, -0.05) is 30.3 Å². The minimum absolute atomic E-state index is 0.249. The van der Waals surface area contributed by atoms with Gasteiger partial charge < -0.3 is 5.32 Å². The van der Waals surface area contributed by atoms with Crippen LogP contribution in [0, 0.1) is 5.82 Å². The summed E-state index contributed by atoms with van der Waals surface area (Å²) in [4.78, 5) is 20.5. The molecule has 1 aromatic heterocycles. The minimum Gasteiger partial charge on any atom is -0.352 e. The van der Waals surface area contributed by atoms with Gasteiger partial charge in [0.15, 0.2) is 0 Å². The molecule has 0 radical (unpaired) electrons. The van der Waals surface area contributed by atoms with E-state index in [9.17, 15) is 9.18 Å². The van der Waals surface area contributed by atoms with Crippen molar-refractivity contribution in [3.63, 3.8) is 0 Å². The highest BCUT2D eigenvalue weighted by atomic mass is 19.1. The van der Waals surface area contributed by atoms with Crippen LogP contribution in [-0.2, 0) is 11.2 Å². The molecule has 0 fully saturated rings. The van der Waals surface area contributed by atoms with Crippen molar-refractivity contribution in [3.8, 4) is 0 Å². The van der Waals surface area contributed by atoms with Gasteiger partial charge in [-0.3, -0.25) is 9.78 Å². The number of aromatic nitrogens is 2. The molecule has 0 bridgehead atoms. The van der Waals surface area contributed by atoms with E-state index < -0.39 is 0 Å². The number of carbonyl (C=O) groups excluding carboxylic acids is 1. The number of amides is 1. The van der Waals surface area contributed by atoms with Gasteiger partial charge in [-0.05, 0) is 36.3 Å². The topological polar surface area (TPSA) is 54.9 Å². The average molecular weight is 321 g/mol. The van der Waals surface area contributed by atoms with Crippen LogP contribution in [-0.4, -0.2) is 22.4 Å². The number of hydrogen-bond donors (Lipinski definition) is 1. The first-order valence-electron chi connectivity index (χ1n) is 7.63. The Labute approximate surface area is 139 Å². The van der Waals surface area contributed by atoms with Gasteiger partial charge in [0.05, 0.1) is 22.9 Å². The van der Waals surface area contributed by atoms with Crippen LogP contribution in [0.3, 0.4) is 0 Å². The van der Waals surface area contributed by atoms with Crippen LogP contribution < -0.4 is 5.32 Å². The molecule has 0 aliphatic carbocycles. The monoisotopic (exact) mass is 321 g/mol. The summed E-state index contributed by atoms with van der Waals surface area (Å²) in [6.45, 7) is 0.369. The molecule has 1 N–H and O–H groups in total. The molecular weight excluding hydrogens is 305 g/mol. The molecule has 0 saturated carbocycles. The third-order valence-electron chi connectivity index (χ3n) is 3.52. The van der Waals surface area contributed by atoms with Crippen LogP contribution in [0.15, 0.2) is 60.8 Å². The molecule has 0 spiro atoms. The third-order valence-corrected chi connectivity index (χ3v) is 3.52. The number of rotatable bonds is 5. The van der Waals surface area contributed by atoms with Crippen molar-refractivity contribution in [2.45, 2.75) is 6.42 Å². The highest BCUT2D eigenvalue weighted by Gasteiger charge is 2.02. The Balaban J connectivity index is 1.55. The van der Waals surface area contributed by atoms with E-state index in [-0.39, 0.29) is 11.7 Å². The fourth-order valence-electron chi connectivity index (χ4n) is 2.29. The maximum atomic E-state index is 13.5. The molecule has 3 aromatic rings. The summed E-state index contributed by atoms with van der Waals surface area (Å²) >= 11 is 0. The number of nitrogens with one attached hydrogen (secondary N) is 1. The van der Waals surface area contributed by atoms with Gasteiger partial charge in [0.25, 0.3) is 0 Å². The average Bonchev–Trinajstić information content (AvgIpc) is 2.61. The van der Waals surface area contributed by atoms with Crippen molar-refractivity contribution < 1.29 is 9.18 Å². The Morgan fingerprint density at radius 2 is 1.83 bits per heavy atom. The van der Waals surface area contributed by atoms with E-state index >= 15 is 0 Å². The first kappa shape index (κ1) is 15.8. The Bertz CT molecular complexity index is 892. The molecule has 5 heteroatoms. The summed E-state index contributed by atoms with van der Waals surface area (Å²) in [6, 6.07) is 14.1. The van der Waals surface area contributed by atoms with Crippen molar-refractivity contribution in [2.75, 3.05) is 6.54 Å². The zero-order valence-corrected chi connectivity index (χ0v) is 12.9. The normalized spacial score (nSPS) is 11.0. The first-order chi connectivity index (χ1) is 11.7. The first-order valence-corrected chi connectivity index (χ1v) is 7.63. The summed E-state index contributed by atoms with van der Waals surface area (Å²) in [5.41, 5.74) is 2.78. The smallest absolute Gasteiger partial charge is 0.244 e. The fraction of sp³-hybridized carbons (Fsp3) is 0.105. The van der Waals surface area contributed by atoms with E-state index in [4.69, 9.17) is 0 Å². The summed E-state index contributed by atoms with van der Waals surface area (Å²) in [5, 5.41) is 2.73. The van der Waals surface area contributed by atoms with E-state index in [1.807, 2.05) is 24.3 Å². The van der Waals surface area contributed by atoms with Crippen LogP contribution in [0.1, 0.15) is 11.3 Å². The SMILES string of the molecule is O=C(/C=C/c1cnc2ccccc2n1)NCCc1ccccc1F. The molecule has 3 rings (SSSR count). The minimum atomic E-state index is -0.256. The number of carbonyl (C=O) groups is 1. The van der Waals surface area contributed by atoms with Gasteiger partial charge >= 0.3 is 0 Å². The standard InChI is InChI=1S/C19H16FN3O/c20-16-6-2-1-5-14(16)11-12-21-19(24)10-9-15-13-22-17-7-3-4-8-18(17)23-15/h1-10,13H,11-12H2,(H,21,24)/b10-9+. The maximum absolute atomic E-state index is 13.5. The lowest BCUT2D eigenvalue weighted by Gasteiger charge is -2.03. The quantitative estimate of drug-likeness (QED) is 0.735. The van der Waals surface area contributed by atoms with Gasteiger partial charge in [-0.2, -0.15) is 0 Å². The van der Waals surface area contributed by atoms with Gasteiger partial charge in [-0.25, -0.2) is 9.37 Å². The third kappa shape index (κ3) is 4.01. The van der Waals surface area contributed by atoms with Crippen LogP contribution in [0.5, 0.6) is 0 Å². The predicted molar refractivity (Wildman–Crippen MR) is 91.7 cm³/mol. The summed E-state index contributed by atoms with van der Waals surface area (Å²) in [6.07, 6.45) is 5.07. The highest BCUT2D eigenvalue weighted by Crippen LogP contribution is 2.09. The summed E-state index contributed by atoms with van der Waals surface area (Å²) < 4.78 is 13.5. The highest BCUT2D eigenvalue weighted by molar-refractivity contribution is 5.91. The van der Waals surface area contributed by atoms with E-state index in [2.05, 4.69) is 15.3 Å². The van der Waals surface area contributed by atoms with Crippen molar-refractivity contribution in [1.29, 1.82) is 0 Å². The summed E-state index contributed by atoms with van der Waals surface area (Å²) in [5.74, 6) is -0.505.